The van der Waals surface area contributed by atoms with Crippen molar-refractivity contribution in [2.75, 3.05) is 13.1 Å². The smallest absolute Gasteiger partial charge is 0.326 e. The standard InChI is InChI=1S/C58H79N11O15/c1-31(2)46(55(80)60-30-44(71)61-33(5)49(74)63-40(27-37-20-13-9-14-21-37)52(77)62-34(6)50(75)65-42(58(83)84)28-38-22-15-10-16-23-38)66-53(78)41(29-45(72)73)64-56(81)48(35(7)70)68-54(79)43-24-17-25-69(43)57(82)47(32(3)4)67-51(76)39(59)26-36-18-11-8-12-19-36/h8-16,18-23,31-35,39-43,46-48,70H,17,24-30,59H2,1-7H3,(H,60,80)(H,61,71)(H,62,77)(H,63,74)(H,64,81)(H,65,75)(H,66,78)(H,67,76)(H,68,79)(H,72,73)(H,83,84). The van der Waals surface area contributed by atoms with Gasteiger partial charge in [-0.3, -0.25) is 52.7 Å². The molecule has 0 aliphatic carbocycles. The molecule has 1 aliphatic heterocycles. The van der Waals surface area contributed by atoms with E-state index in [1.165, 1.54) is 32.6 Å². The van der Waals surface area contributed by atoms with Crippen molar-refractivity contribution < 1.29 is 72.9 Å². The molecule has 1 heterocycles. The molecule has 84 heavy (non-hydrogen) atoms. The second-order valence-corrected chi connectivity index (χ2v) is 21.4. The van der Waals surface area contributed by atoms with Crippen molar-refractivity contribution >= 4 is 71.0 Å². The molecular formula is C58H79N11O15. The maximum atomic E-state index is 14.0. The summed E-state index contributed by atoms with van der Waals surface area (Å²) in [7, 11) is 0. The number of likely N-dealkylation sites (tertiary alicyclic amines) is 1. The Balaban J connectivity index is 1.35. The van der Waals surface area contributed by atoms with E-state index in [2.05, 4.69) is 47.9 Å². The largest absolute Gasteiger partial charge is 0.481 e. The zero-order chi connectivity index (χ0) is 62.4. The quantitative estimate of drug-likeness (QED) is 0.0342. The van der Waals surface area contributed by atoms with Crippen LogP contribution in [0.15, 0.2) is 91.0 Å². The second kappa shape index (κ2) is 32.8. The van der Waals surface area contributed by atoms with Crippen molar-refractivity contribution in [3.63, 3.8) is 0 Å². The van der Waals surface area contributed by atoms with Crippen molar-refractivity contribution in [3.05, 3.63) is 108 Å². The van der Waals surface area contributed by atoms with E-state index in [-0.39, 0.29) is 32.2 Å². The Kier molecular flexibility index (Phi) is 26.4. The van der Waals surface area contributed by atoms with Gasteiger partial charge in [0.2, 0.25) is 59.1 Å². The SMILES string of the molecule is CC(NC(=O)CNC(=O)C(NC(=O)C(CC(=O)O)NC(=O)C(NC(=O)C1CCCN1C(=O)C(NC(=O)C(N)Cc1ccccc1)C(C)C)C(C)O)C(C)C)C(=O)NC(Cc1ccccc1)C(=O)NC(C)C(=O)NC(Cc1ccccc1)C(=O)O. The number of hydrogen-bond donors (Lipinski definition) is 13. The molecule has 1 saturated heterocycles. The fourth-order valence-corrected chi connectivity index (χ4v) is 9.02. The van der Waals surface area contributed by atoms with Gasteiger partial charge in [0, 0.05) is 19.4 Å². The molecule has 10 amide bonds. The number of hydrogen-bond acceptors (Lipinski definition) is 14. The van der Waals surface area contributed by atoms with E-state index in [1.807, 2.05) is 18.2 Å². The van der Waals surface area contributed by atoms with E-state index in [9.17, 15) is 72.9 Å². The molecule has 3 aromatic rings. The van der Waals surface area contributed by atoms with E-state index < -0.39 is 162 Å². The third-order valence-electron chi connectivity index (χ3n) is 13.8. The Bertz CT molecular complexity index is 2790. The minimum atomic E-state index is -1.89. The number of carbonyl (C=O) groups is 12. The number of rotatable bonds is 31. The number of amides is 10. The molecule has 0 radical (unpaired) electrons. The van der Waals surface area contributed by atoms with Gasteiger partial charge in [0.25, 0.3) is 0 Å². The molecule has 26 nitrogen and oxygen atoms in total. The summed E-state index contributed by atoms with van der Waals surface area (Å²) in [5, 5.41) is 52.3. The zero-order valence-electron chi connectivity index (χ0n) is 48.1. The van der Waals surface area contributed by atoms with E-state index in [1.54, 1.807) is 86.6 Å². The number of carboxylic acid groups (broad SMARTS) is 2. The number of carbonyl (C=O) groups excluding carboxylic acids is 10. The molecule has 11 atom stereocenters. The summed E-state index contributed by atoms with van der Waals surface area (Å²) in [4.78, 5) is 161. The fourth-order valence-electron chi connectivity index (χ4n) is 9.02. The van der Waals surface area contributed by atoms with E-state index in [4.69, 9.17) is 5.73 Å². The number of aliphatic hydroxyl groups excluding tert-OH is 1. The lowest BCUT2D eigenvalue weighted by molar-refractivity contribution is -0.144. The Labute approximate surface area is 487 Å². The highest BCUT2D eigenvalue weighted by atomic mass is 16.4. The van der Waals surface area contributed by atoms with Gasteiger partial charge in [-0.1, -0.05) is 119 Å². The van der Waals surface area contributed by atoms with Crippen LogP contribution in [-0.4, -0.2) is 171 Å². The van der Waals surface area contributed by atoms with Gasteiger partial charge in [0.15, 0.2) is 0 Å². The fraction of sp³-hybridized carbons (Fsp3) is 0.483. The van der Waals surface area contributed by atoms with Crippen LogP contribution >= 0.6 is 0 Å². The van der Waals surface area contributed by atoms with Crippen LogP contribution in [0.1, 0.15) is 84.4 Å². The molecule has 14 N–H and O–H groups in total. The van der Waals surface area contributed by atoms with Gasteiger partial charge in [-0.25, -0.2) is 4.79 Å². The van der Waals surface area contributed by atoms with Crippen LogP contribution in [0, 0.1) is 11.8 Å². The molecule has 1 aliphatic rings. The lowest BCUT2D eigenvalue weighted by atomic mass is 10.00. The van der Waals surface area contributed by atoms with Gasteiger partial charge in [-0.2, -0.15) is 0 Å². The van der Waals surface area contributed by atoms with Crippen molar-refractivity contribution in [2.45, 2.75) is 154 Å². The molecule has 0 bridgehead atoms. The third-order valence-corrected chi connectivity index (χ3v) is 13.8. The Morgan fingerprint density at radius 3 is 1.48 bits per heavy atom. The topological polar surface area (TPSA) is 403 Å². The Hall–Kier alpha value is -8.78. The average Bonchev–Trinajstić information content (AvgIpc) is 4.11. The first-order chi connectivity index (χ1) is 39.7. The van der Waals surface area contributed by atoms with Gasteiger partial charge >= 0.3 is 11.9 Å². The van der Waals surface area contributed by atoms with Crippen molar-refractivity contribution in [2.24, 2.45) is 17.6 Å². The number of nitrogens with one attached hydrogen (secondary N) is 9. The zero-order valence-corrected chi connectivity index (χ0v) is 48.1. The summed E-state index contributed by atoms with van der Waals surface area (Å²) in [6.07, 6.45) is -2.04. The van der Waals surface area contributed by atoms with Crippen LogP contribution in [-0.2, 0) is 76.8 Å². The minimum absolute atomic E-state index is 0.0290. The van der Waals surface area contributed by atoms with E-state index in [0.29, 0.717) is 17.5 Å². The van der Waals surface area contributed by atoms with E-state index >= 15 is 0 Å². The average molecular weight is 1170 g/mol. The number of benzene rings is 3. The lowest BCUT2D eigenvalue weighted by Gasteiger charge is -2.32. The first kappa shape index (κ1) is 67.7. The maximum absolute atomic E-state index is 14.0. The molecule has 4 rings (SSSR count). The predicted octanol–water partition coefficient (Wildman–Crippen LogP) is -1.68. The maximum Gasteiger partial charge on any atom is 0.326 e. The summed E-state index contributed by atoms with van der Waals surface area (Å²) < 4.78 is 0. The summed E-state index contributed by atoms with van der Waals surface area (Å²) in [5.74, 6) is -12.7. The molecule has 0 saturated carbocycles. The molecular weight excluding hydrogens is 1090 g/mol. The van der Waals surface area contributed by atoms with Crippen LogP contribution in [0.25, 0.3) is 0 Å². The molecule has 1 fully saturated rings. The minimum Gasteiger partial charge on any atom is -0.481 e. The predicted molar refractivity (Wildman–Crippen MR) is 304 cm³/mol. The number of carboxylic acids is 2. The van der Waals surface area contributed by atoms with Gasteiger partial charge in [0.1, 0.15) is 54.4 Å². The van der Waals surface area contributed by atoms with Crippen molar-refractivity contribution in [1.82, 2.24) is 52.8 Å². The van der Waals surface area contributed by atoms with Crippen molar-refractivity contribution in [3.8, 4) is 0 Å². The van der Waals surface area contributed by atoms with Crippen LogP contribution in [0.3, 0.4) is 0 Å². The molecule has 3 aromatic carbocycles. The highest BCUT2D eigenvalue weighted by Crippen LogP contribution is 2.21. The van der Waals surface area contributed by atoms with Crippen molar-refractivity contribution in [1.29, 1.82) is 0 Å². The summed E-state index contributed by atoms with van der Waals surface area (Å²) in [6.45, 7) is 9.60. The second-order valence-electron chi connectivity index (χ2n) is 21.4. The summed E-state index contributed by atoms with van der Waals surface area (Å²) >= 11 is 0. The third kappa shape index (κ3) is 21.2. The number of aliphatic carboxylic acids is 2. The number of aliphatic hydroxyl groups is 1. The Morgan fingerprint density at radius 1 is 0.512 bits per heavy atom. The normalized spacial score (nSPS) is 16.5. The molecule has 26 heteroatoms. The van der Waals surface area contributed by atoms with Crippen LogP contribution < -0.4 is 53.6 Å². The molecule has 456 valence electrons. The first-order valence-corrected chi connectivity index (χ1v) is 27.7. The monoisotopic (exact) mass is 1170 g/mol. The molecule has 11 unspecified atom stereocenters. The van der Waals surface area contributed by atoms with Gasteiger partial charge < -0.3 is 73.8 Å². The first-order valence-electron chi connectivity index (χ1n) is 27.7. The van der Waals surface area contributed by atoms with Gasteiger partial charge in [-0.05, 0) is 68.6 Å². The summed E-state index contributed by atoms with van der Waals surface area (Å²) in [5.41, 5.74) is 8.27. The van der Waals surface area contributed by atoms with Gasteiger partial charge in [-0.15, -0.1) is 0 Å². The number of nitrogens with two attached hydrogens (primary N) is 1. The summed E-state index contributed by atoms with van der Waals surface area (Å²) in [6, 6.07) is 12.6. The molecule has 0 aromatic heterocycles. The Morgan fingerprint density at radius 2 is 0.976 bits per heavy atom. The lowest BCUT2D eigenvalue weighted by Crippen LogP contribution is -2.62. The van der Waals surface area contributed by atoms with Gasteiger partial charge in [0.05, 0.1) is 25.1 Å². The molecule has 0 spiro atoms. The van der Waals surface area contributed by atoms with E-state index in [0.717, 1.165) is 12.5 Å². The highest BCUT2D eigenvalue weighted by molar-refractivity contribution is 5.99. The number of nitrogens with zero attached hydrogens (tertiary/aromatic N) is 1. The van der Waals surface area contributed by atoms with Crippen LogP contribution in [0.5, 0.6) is 0 Å². The van der Waals surface area contributed by atoms with Crippen LogP contribution in [0.2, 0.25) is 0 Å². The highest BCUT2D eigenvalue weighted by Gasteiger charge is 2.42. The van der Waals surface area contributed by atoms with Crippen LogP contribution in [0.4, 0.5) is 0 Å².